The van der Waals surface area contributed by atoms with Gasteiger partial charge in [0.25, 0.3) is 5.92 Å². The Morgan fingerprint density at radius 3 is 2.21 bits per heavy atom. The molecule has 1 saturated heterocycles. The van der Waals surface area contributed by atoms with E-state index in [2.05, 4.69) is 0 Å². The first-order valence-electron chi connectivity index (χ1n) is 5.21. The first kappa shape index (κ1) is 9.87. The van der Waals surface area contributed by atoms with E-state index >= 15 is 0 Å². The highest BCUT2D eigenvalue weighted by Crippen LogP contribution is 2.65. The average molecular weight is 202 g/mol. The highest BCUT2D eigenvalue weighted by molar-refractivity contribution is 5.78. The fourth-order valence-corrected chi connectivity index (χ4v) is 2.35. The van der Waals surface area contributed by atoms with Crippen molar-refractivity contribution in [3.63, 3.8) is 0 Å². The van der Waals surface area contributed by atoms with Gasteiger partial charge in [-0.2, -0.15) is 0 Å². The third-order valence-corrected chi connectivity index (χ3v) is 3.65. The molecule has 0 radical (unpaired) electrons. The second-order valence-electron chi connectivity index (χ2n) is 4.45. The Labute approximate surface area is 82.8 Å². The summed E-state index contributed by atoms with van der Waals surface area (Å²) >= 11 is 0. The molecule has 0 aromatic heterocycles. The van der Waals surface area contributed by atoms with Crippen LogP contribution in [0.2, 0.25) is 0 Å². The first-order valence-corrected chi connectivity index (χ1v) is 5.21. The number of hydrogen-bond donors (Lipinski definition) is 1. The van der Waals surface area contributed by atoms with Crippen molar-refractivity contribution >= 4 is 5.84 Å². The molecule has 2 rings (SSSR count). The van der Waals surface area contributed by atoms with E-state index in [1.54, 1.807) is 0 Å². The number of nitrogens with zero attached hydrogens (tertiary/aromatic N) is 1. The number of amidine groups is 1. The van der Waals surface area contributed by atoms with Crippen molar-refractivity contribution in [2.75, 3.05) is 13.1 Å². The summed E-state index contributed by atoms with van der Waals surface area (Å²) in [5, 5.41) is 7.62. The molecule has 0 atom stereocenters. The van der Waals surface area contributed by atoms with Crippen LogP contribution in [0.5, 0.6) is 0 Å². The second kappa shape index (κ2) is 2.91. The van der Waals surface area contributed by atoms with Gasteiger partial charge in [0.15, 0.2) is 0 Å². The topological polar surface area (TPSA) is 27.1 Å². The molecule has 0 bridgehead atoms. The summed E-state index contributed by atoms with van der Waals surface area (Å²) in [4.78, 5) is 1.93. The van der Waals surface area contributed by atoms with Crippen LogP contribution < -0.4 is 0 Å². The summed E-state index contributed by atoms with van der Waals surface area (Å²) in [5.74, 6) is -1.82. The molecule has 0 amide bonds. The van der Waals surface area contributed by atoms with Crippen molar-refractivity contribution in [1.82, 2.24) is 4.90 Å². The third-order valence-electron chi connectivity index (χ3n) is 3.65. The molecular weight excluding hydrogens is 186 g/mol. The van der Waals surface area contributed by atoms with E-state index < -0.39 is 11.3 Å². The molecule has 1 aliphatic carbocycles. The summed E-state index contributed by atoms with van der Waals surface area (Å²) < 4.78 is 26.0. The normalized spacial score (nSPS) is 27.8. The van der Waals surface area contributed by atoms with E-state index in [1.165, 1.54) is 0 Å². The zero-order valence-corrected chi connectivity index (χ0v) is 8.45. The fourth-order valence-electron chi connectivity index (χ4n) is 2.35. The van der Waals surface area contributed by atoms with Crippen LogP contribution in [0.3, 0.4) is 0 Å². The Morgan fingerprint density at radius 2 is 1.86 bits per heavy atom. The Hall–Kier alpha value is -0.670. The van der Waals surface area contributed by atoms with Crippen molar-refractivity contribution in [2.24, 2.45) is 5.41 Å². The van der Waals surface area contributed by atoms with Crippen molar-refractivity contribution in [1.29, 1.82) is 5.41 Å². The fraction of sp³-hybridized carbons (Fsp3) is 0.900. The van der Waals surface area contributed by atoms with Crippen LogP contribution in [0, 0.1) is 10.8 Å². The van der Waals surface area contributed by atoms with Crippen LogP contribution in [-0.4, -0.2) is 29.7 Å². The molecule has 0 unspecified atom stereocenters. The van der Waals surface area contributed by atoms with E-state index in [1.807, 2.05) is 11.8 Å². The summed E-state index contributed by atoms with van der Waals surface area (Å²) in [5.41, 5.74) is -0.683. The lowest BCUT2D eigenvalue weighted by atomic mass is 9.92. The molecule has 1 spiro atoms. The van der Waals surface area contributed by atoms with Crippen LogP contribution in [-0.2, 0) is 0 Å². The second-order valence-corrected chi connectivity index (χ2v) is 4.45. The number of piperidine rings is 1. The molecule has 14 heavy (non-hydrogen) atoms. The lowest BCUT2D eigenvalue weighted by Gasteiger charge is -2.33. The third kappa shape index (κ3) is 1.31. The van der Waals surface area contributed by atoms with Gasteiger partial charge in [-0.25, -0.2) is 8.78 Å². The zero-order valence-electron chi connectivity index (χ0n) is 8.45. The van der Waals surface area contributed by atoms with E-state index in [-0.39, 0.29) is 6.42 Å². The summed E-state index contributed by atoms with van der Waals surface area (Å²) in [6, 6.07) is 0. The number of rotatable bonds is 1. The minimum absolute atomic E-state index is 0.0767. The monoisotopic (exact) mass is 202 g/mol. The highest BCUT2D eigenvalue weighted by Gasteiger charge is 2.70. The lowest BCUT2D eigenvalue weighted by Crippen LogP contribution is -2.39. The van der Waals surface area contributed by atoms with Crippen LogP contribution in [0.25, 0.3) is 0 Å². The minimum atomic E-state index is -2.41. The van der Waals surface area contributed by atoms with E-state index in [0.29, 0.717) is 38.2 Å². The van der Waals surface area contributed by atoms with Crippen molar-refractivity contribution in [3.8, 4) is 0 Å². The SMILES string of the molecule is CCC(=N)N1CCC2(CC1)CC2(F)F. The number of alkyl halides is 2. The van der Waals surface area contributed by atoms with E-state index in [9.17, 15) is 8.78 Å². The Kier molecular flexibility index (Phi) is 2.05. The molecule has 80 valence electrons. The predicted octanol–water partition coefficient (Wildman–Crippen LogP) is 2.49. The first-order chi connectivity index (χ1) is 6.51. The largest absolute Gasteiger partial charge is 0.361 e. The van der Waals surface area contributed by atoms with Gasteiger partial charge < -0.3 is 4.90 Å². The van der Waals surface area contributed by atoms with Gasteiger partial charge in [0.1, 0.15) is 0 Å². The van der Waals surface area contributed by atoms with E-state index in [0.717, 1.165) is 0 Å². The molecule has 2 fully saturated rings. The van der Waals surface area contributed by atoms with Crippen LogP contribution in [0.15, 0.2) is 0 Å². The highest BCUT2D eigenvalue weighted by atomic mass is 19.3. The molecule has 1 saturated carbocycles. The molecule has 2 aliphatic rings. The Morgan fingerprint density at radius 1 is 1.36 bits per heavy atom. The predicted molar refractivity (Wildman–Crippen MR) is 50.8 cm³/mol. The van der Waals surface area contributed by atoms with Gasteiger partial charge in [-0.1, -0.05) is 6.92 Å². The maximum absolute atomic E-state index is 13.0. The smallest absolute Gasteiger partial charge is 0.254 e. The minimum Gasteiger partial charge on any atom is -0.361 e. The molecule has 1 aliphatic heterocycles. The quantitative estimate of drug-likeness (QED) is 0.513. The van der Waals surface area contributed by atoms with Crippen molar-refractivity contribution < 1.29 is 8.78 Å². The van der Waals surface area contributed by atoms with Gasteiger partial charge in [0.2, 0.25) is 0 Å². The number of likely N-dealkylation sites (tertiary alicyclic amines) is 1. The average Bonchev–Trinajstić information content (AvgIpc) is 2.68. The van der Waals surface area contributed by atoms with Crippen LogP contribution in [0.4, 0.5) is 8.78 Å². The molecule has 4 heteroatoms. The maximum atomic E-state index is 13.0. The summed E-state index contributed by atoms with van der Waals surface area (Å²) in [7, 11) is 0. The summed E-state index contributed by atoms with van der Waals surface area (Å²) in [6.45, 7) is 3.21. The van der Waals surface area contributed by atoms with Gasteiger partial charge in [-0.05, 0) is 12.8 Å². The van der Waals surface area contributed by atoms with Crippen LogP contribution >= 0.6 is 0 Å². The van der Waals surface area contributed by atoms with Gasteiger partial charge in [-0.3, -0.25) is 5.41 Å². The molecule has 1 N–H and O–H groups in total. The Balaban J connectivity index is 1.91. The summed E-state index contributed by atoms with van der Waals surface area (Å²) in [6.07, 6.45) is 1.89. The number of nitrogens with one attached hydrogen (secondary N) is 1. The Bertz CT molecular complexity index is 255. The van der Waals surface area contributed by atoms with Gasteiger partial charge in [0.05, 0.1) is 5.84 Å². The van der Waals surface area contributed by atoms with Gasteiger partial charge in [0, 0.05) is 31.3 Å². The van der Waals surface area contributed by atoms with Crippen molar-refractivity contribution in [3.05, 3.63) is 0 Å². The molecule has 0 aromatic carbocycles. The van der Waals surface area contributed by atoms with Gasteiger partial charge in [-0.15, -0.1) is 0 Å². The molecular formula is C10H16F2N2. The van der Waals surface area contributed by atoms with Gasteiger partial charge >= 0.3 is 0 Å². The molecule has 0 aromatic rings. The number of halogens is 2. The molecule has 2 nitrogen and oxygen atoms in total. The van der Waals surface area contributed by atoms with E-state index in [4.69, 9.17) is 5.41 Å². The number of hydrogen-bond acceptors (Lipinski definition) is 1. The van der Waals surface area contributed by atoms with Crippen LogP contribution in [0.1, 0.15) is 32.6 Å². The lowest BCUT2D eigenvalue weighted by molar-refractivity contribution is 0.0409. The van der Waals surface area contributed by atoms with Crippen molar-refractivity contribution in [2.45, 2.75) is 38.5 Å². The maximum Gasteiger partial charge on any atom is 0.254 e. The standard InChI is InChI=1S/C10H16F2N2/c1-2-8(13)14-5-3-9(4-6-14)7-10(9,11)12/h13H,2-7H2,1H3. The molecule has 1 heterocycles. The zero-order chi connectivity index (χ0) is 10.4.